The topological polar surface area (TPSA) is 30.0 Å². The Morgan fingerprint density at radius 2 is 2.20 bits per heavy atom. The van der Waals surface area contributed by atoms with Gasteiger partial charge in [-0.05, 0) is 18.4 Å². The van der Waals surface area contributed by atoms with Gasteiger partial charge in [0, 0.05) is 12.6 Å². The molecule has 1 heterocycles. The lowest BCUT2D eigenvalue weighted by molar-refractivity contribution is 0.0973. The maximum Gasteiger partial charge on any atom is 0.182 e. The summed E-state index contributed by atoms with van der Waals surface area (Å²) in [5.74, 6) is 0.767. The van der Waals surface area contributed by atoms with Gasteiger partial charge in [-0.15, -0.1) is 0 Å². The maximum atomic E-state index is 11.7. The number of aromatic nitrogens is 1. The molecule has 80 valence electrons. The zero-order valence-corrected chi connectivity index (χ0v) is 9.68. The van der Waals surface area contributed by atoms with E-state index in [2.05, 4.69) is 4.98 Å². The molecule has 0 saturated heterocycles. The van der Waals surface area contributed by atoms with E-state index in [1.807, 2.05) is 0 Å². The van der Waals surface area contributed by atoms with Crippen LogP contribution >= 0.6 is 23.2 Å². The Labute approximate surface area is 98.6 Å². The summed E-state index contributed by atoms with van der Waals surface area (Å²) in [6.07, 6.45) is 5.47. The van der Waals surface area contributed by atoms with Gasteiger partial charge in [0.2, 0.25) is 0 Å². The predicted octanol–water partition coefficient (Wildman–Crippen LogP) is 3.76. The average molecular weight is 244 g/mol. The van der Waals surface area contributed by atoms with Gasteiger partial charge in [-0.1, -0.05) is 36.0 Å². The summed E-state index contributed by atoms with van der Waals surface area (Å²) in [5, 5.41) is 0.807. The van der Waals surface area contributed by atoms with Gasteiger partial charge in [-0.25, -0.2) is 0 Å². The maximum absolute atomic E-state index is 11.7. The Hall–Kier alpha value is -0.600. The van der Waals surface area contributed by atoms with E-state index in [-0.39, 0.29) is 5.78 Å². The highest BCUT2D eigenvalue weighted by atomic mass is 35.5. The number of nitrogens with zero attached hydrogens (tertiary/aromatic N) is 1. The minimum absolute atomic E-state index is 0.0172. The Balaban J connectivity index is 2.03. The molecule has 4 heteroatoms. The van der Waals surface area contributed by atoms with Crippen LogP contribution in [0.4, 0.5) is 0 Å². The minimum Gasteiger partial charge on any atom is -0.292 e. The number of ketones is 1. The summed E-state index contributed by atoms with van der Waals surface area (Å²) in [6, 6.07) is 1.56. The second-order valence-electron chi connectivity index (χ2n) is 3.89. The molecule has 0 N–H and O–H groups in total. The number of pyridine rings is 1. The molecule has 0 amide bonds. The van der Waals surface area contributed by atoms with Crippen LogP contribution in [0.2, 0.25) is 10.0 Å². The number of rotatable bonds is 4. The largest absolute Gasteiger partial charge is 0.292 e. The van der Waals surface area contributed by atoms with Gasteiger partial charge in [0.25, 0.3) is 0 Å². The van der Waals surface area contributed by atoms with Gasteiger partial charge < -0.3 is 0 Å². The third-order valence-electron chi connectivity index (χ3n) is 2.55. The molecule has 2 nitrogen and oxygen atoms in total. The van der Waals surface area contributed by atoms with Gasteiger partial charge in [0.05, 0.1) is 10.0 Å². The molecular weight excluding hydrogens is 233 g/mol. The van der Waals surface area contributed by atoms with Crippen LogP contribution in [0.5, 0.6) is 0 Å². The van der Waals surface area contributed by atoms with Crippen molar-refractivity contribution in [2.75, 3.05) is 0 Å². The van der Waals surface area contributed by atoms with E-state index in [1.165, 1.54) is 19.0 Å². The van der Waals surface area contributed by atoms with Gasteiger partial charge in [0.1, 0.15) is 5.69 Å². The van der Waals surface area contributed by atoms with E-state index in [4.69, 9.17) is 23.2 Å². The molecule has 0 aromatic carbocycles. The normalized spacial score (nSPS) is 15.3. The van der Waals surface area contributed by atoms with Gasteiger partial charge in [-0.2, -0.15) is 0 Å². The standard InChI is InChI=1S/C11H11Cl2NO/c12-8-5-9(13)11(14-6-8)10(15)4-3-7-1-2-7/h5-7H,1-4H2. The van der Waals surface area contributed by atoms with E-state index < -0.39 is 0 Å². The summed E-state index contributed by atoms with van der Waals surface area (Å²) < 4.78 is 0. The average Bonchev–Trinajstić information content (AvgIpc) is 2.97. The zero-order valence-electron chi connectivity index (χ0n) is 8.17. The Kier molecular flexibility index (Phi) is 3.27. The zero-order chi connectivity index (χ0) is 10.8. The first-order chi connectivity index (χ1) is 7.16. The number of Topliss-reactive ketones (excluding diaryl/α,β-unsaturated/α-hetero) is 1. The summed E-state index contributed by atoms with van der Waals surface area (Å²) in [7, 11) is 0. The van der Waals surface area contributed by atoms with Crippen LogP contribution in [0.25, 0.3) is 0 Å². The SMILES string of the molecule is O=C(CCC1CC1)c1ncc(Cl)cc1Cl. The molecule has 15 heavy (non-hydrogen) atoms. The van der Waals surface area contributed by atoms with Crippen molar-refractivity contribution in [2.45, 2.75) is 25.7 Å². The number of carbonyl (C=O) groups is 1. The third kappa shape index (κ3) is 2.93. The molecule has 0 aliphatic heterocycles. The highest BCUT2D eigenvalue weighted by Crippen LogP contribution is 2.34. The number of carbonyl (C=O) groups excluding carboxylic acids is 1. The van der Waals surface area contributed by atoms with Crippen LogP contribution in [-0.2, 0) is 0 Å². The smallest absolute Gasteiger partial charge is 0.182 e. The molecular formula is C11H11Cl2NO. The van der Waals surface area contributed by atoms with E-state index in [1.54, 1.807) is 6.07 Å². The van der Waals surface area contributed by atoms with Crippen molar-refractivity contribution in [1.29, 1.82) is 0 Å². The number of hydrogen-bond donors (Lipinski definition) is 0. The lowest BCUT2D eigenvalue weighted by atomic mass is 10.1. The molecule has 0 spiro atoms. The molecule has 1 aromatic rings. The molecule has 0 bridgehead atoms. The molecule has 1 saturated carbocycles. The summed E-state index contributed by atoms with van der Waals surface area (Å²) in [4.78, 5) is 15.7. The lowest BCUT2D eigenvalue weighted by Crippen LogP contribution is -2.03. The van der Waals surface area contributed by atoms with Crippen LogP contribution in [0.3, 0.4) is 0 Å². The van der Waals surface area contributed by atoms with E-state index in [0.717, 1.165) is 12.3 Å². The minimum atomic E-state index is 0.0172. The van der Waals surface area contributed by atoms with Crippen molar-refractivity contribution in [1.82, 2.24) is 4.98 Å². The highest BCUT2D eigenvalue weighted by Gasteiger charge is 2.23. The van der Waals surface area contributed by atoms with E-state index in [0.29, 0.717) is 22.2 Å². The fourth-order valence-corrected chi connectivity index (χ4v) is 1.97. The Morgan fingerprint density at radius 1 is 1.47 bits per heavy atom. The van der Waals surface area contributed by atoms with E-state index in [9.17, 15) is 4.79 Å². The van der Waals surface area contributed by atoms with Crippen LogP contribution in [-0.4, -0.2) is 10.8 Å². The van der Waals surface area contributed by atoms with Crippen LogP contribution in [0, 0.1) is 5.92 Å². The molecule has 0 radical (unpaired) electrons. The van der Waals surface area contributed by atoms with Crippen LogP contribution in [0.15, 0.2) is 12.3 Å². The molecule has 0 unspecified atom stereocenters. The van der Waals surface area contributed by atoms with Gasteiger partial charge in [-0.3, -0.25) is 9.78 Å². The Bertz CT molecular complexity index is 388. The molecule has 1 fully saturated rings. The fourth-order valence-electron chi connectivity index (χ4n) is 1.48. The second kappa shape index (κ2) is 4.50. The molecule has 1 aliphatic rings. The van der Waals surface area contributed by atoms with Crippen molar-refractivity contribution in [3.8, 4) is 0 Å². The summed E-state index contributed by atoms with van der Waals surface area (Å²) in [6.45, 7) is 0. The van der Waals surface area contributed by atoms with Crippen LogP contribution in [0.1, 0.15) is 36.2 Å². The fraction of sp³-hybridized carbons (Fsp3) is 0.455. The monoisotopic (exact) mass is 243 g/mol. The molecule has 1 aliphatic carbocycles. The molecule has 0 atom stereocenters. The summed E-state index contributed by atoms with van der Waals surface area (Å²) >= 11 is 11.6. The lowest BCUT2D eigenvalue weighted by Gasteiger charge is -2.02. The van der Waals surface area contributed by atoms with Crippen LogP contribution < -0.4 is 0 Å². The first-order valence-corrected chi connectivity index (χ1v) is 5.76. The second-order valence-corrected chi connectivity index (χ2v) is 4.73. The first kappa shape index (κ1) is 10.9. The number of halogens is 2. The van der Waals surface area contributed by atoms with Crippen molar-refractivity contribution >= 4 is 29.0 Å². The quantitative estimate of drug-likeness (QED) is 0.754. The van der Waals surface area contributed by atoms with E-state index >= 15 is 0 Å². The van der Waals surface area contributed by atoms with Crippen molar-refractivity contribution < 1.29 is 4.79 Å². The third-order valence-corrected chi connectivity index (χ3v) is 3.04. The molecule has 1 aromatic heterocycles. The first-order valence-electron chi connectivity index (χ1n) is 5.01. The Morgan fingerprint density at radius 3 is 2.80 bits per heavy atom. The van der Waals surface area contributed by atoms with Gasteiger partial charge in [0.15, 0.2) is 5.78 Å². The highest BCUT2D eigenvalue weighted by molar-refractivity contribution is 6.36. The predicted molar refractivity (Wildman–Crippen MR) is 60.5 cm³/mol. The van der Waals surface area contributed by atoms with Gasteiger partial charge >= 0.3 is 0 Å². The van der Waals surface area contributed by atoms with Crippen molar-refractivity contribution in [3.05, 3.63) is 28.0 Å². The number of hydrogen-bond acceptors (Lipinski definition) is 2. The molecule has 2 rings (SSSR count). The van der Waals surface area contributed by atoms with Crippen molar-refractivity contribution in [2.24, 2.45) is 5.92 Å². The summed E-state index contributed by atoms with van der Waals surface area (Å²) in [5.41, 5.74) is 0.349. The van der Waals surface area contributed by atoms with Crippen molar-refractivity contribution in [3.63, 3.8) is 0 Å².